The molecule has 92 valence electrons. The lowest BCUT2D eigenvalue weighted by atomic mass is 9.91. The number of rotatable bonds is 1. The number of hydrogen-bond donors (Lipinski definition) is 0. The van der Waals surface area contributed by atoms with E-state index in [0.29, 0.717) is 0 Å². The summed E-state index contributed by atoms with van der Waals surface area (Å²) in [5, 5.41) is 10.2. The highest BCUT2D eigenvalue weighted by Crippen LogP contribution is 2.34. The van der Waals surface area contributed by atoms with Gasteiger partial charge in [-0.1, -0.05) is 45.0 Å². The second kappa shape index (κ2) is 4.55. The van der Waals surface area contributed by atoms with Gasteiger partial charge in [-0.25, -0.2) is 4.98 Å². The van der Waals surface area contributed by atoms with Crippen molar-refractivity contribution in [2.45, 2.75) is 33.1 Å². The van der Waals surface area contributed by atoms with Crippen molar-refractivity contribution in [3.8, 4) is 16.6 Å². The molecule has 1 aromatic carbocycles. The standard InChI is InChI=1S/C15H16N2S/c1-10-7-5-6-8-11(10)14-17-13(15(2,3)4)12(9-16)18-14/h5-8H,1-4H3. The van der Waals surface area contributed by atoms with Gasteiger partial charge in [0.05, 0.1) is 5.69 Å². The molecule has 2 rings (SSSR count). The molecule has 0 bridgehead atoms. The van der Waals surface area contributed by atoms with Crippen LogP contribution in [0.4, 0.5) is 0 Å². The zero-order chi connectivity index (χ0) is 13.3. The van der Waals surface area contributed by atoms with Crippen molar-refractivity contribution in [1.29, 1.82) is 5.26 Å². The molecule has 0 aliphatic heterocycles. The molecule has 0 unspecified atom stereocenters. The van der Waals surface area contributed by atoms with Crippen LogP contribution in [0.1, 0.15) is 36.9 Å². The lowest BCUT2D eigenvalue weighted by Gasteiger charge is -2.15. The van der Waals surface area contributed by atoms with Crippen molar-refractivity contribution in [3.63, 3.8) is 0 Å². The Morgan fingerprint density at radius 1 is 1.22 bits per heavy atom. The Kier molecular flexibility index (Phi) is 3.23. The van der Waals surface area contributed by atoms with Gasteiger partial charge in [0.25, 0.3) is 0 Å². The summed E-state index contributed by atoms with van der Waals surface area (Å²) in [5.41, 5.74) is 3.11. The zero-order valence-corrected chi connectivity index (χ0v) is 11.9. The minimum absolute atomic E-state index is 0.0947. The molecule has 3 heteroatoms. The van der Waals surface area contributed by atoms with Crippen molar-refractivity contribution in [1.82, 2.24) is 4.98 Å². The molecule has 1 heterocycles. The SMILES string of the molecule is Cc1ccccc1-c1nc(C(C)(C)C)c(C#N)s1. The first-order valence-electron chi connectivity index (χ1n) is 5.91. The summed E-state index contributed by atoms with van der Waals surface area (Å²) in [5.74, 6) is 0. The van der Waals surface area contributed by atoms with Crippen molar-refractivity contribution in [3.05, 3.63) is 40.4 Å². The van der Waals surface area contributed by atoms with Crippen molar-refractivity contribution < 1.29 is 0 Å². The van der Waals surface area contributed by atoms with E-state index in [9.17, 15) is 5.26 Å². The summed E-state index contributed by atoms with van der Waals surface area (Å²) in [4.78, 5) is 5.40. The maximum atomic E-state index is 9.23. The van der Waals surface area contributed by atoms with E-state index in [1.165, 1.54) is 16.9 Å². The van der Waals surface area contributed by atoms with E-state index < -0.39 is 0 Å². The molecule has 0 aliphatic carbocycles. The molecule has 0 aliphatic rings. The quantitative estimate of drug-likeness (QED) is 0.763. The van der Waals surface area contributed by atoms with Crippen LogP contribution >= 0.6 is 11.3 Å². The summed E-state index contributed by atoms with van der Waals surface area (Å²) < 4.78 is 0. The van der Waals surface area contributed by atoms with Crippen molar-refractivity contribution in [2.24, 2.45) is 0 Å². The fourth-order valence-electron chi connectivity index (χ4n) is 1.83. The molecule has 0 amide bonds. The van der Waals surface area contributed by atoms with Crippen LogP contribution in [0, 0.1) is 18.3 Å². The monoisotopic (exact) mass is 256 g/mol. The third kappa shape index (κ3) is 2.30. The Bertz CT molecular complexity index is 612. The normalized spacial score (nSPS) is 11.3. The van der Waals surface area contributed by atoms with Crippen LogP contribution in [0.25, 0.3) is 10.6 Å². The number of benzene rings is 1. The maximum Gasteiger partial charge on any atom is 0.128 e. The van der Waals surface area contributed by atoms with E-state index in [2.05, 4.69) is 50.9 Å². The first-order valence-corrected chi connectivity index (χ1v) is 6.72. The highest BCUT2D eigenvalue weighted by atomic mass is 32.1. The largest absolute Gasteiger partial charge is 0.239 e. The molecule has 2 nitrogen and oxygen atoms in total. The van der Waals surface area contributed by atoms with Gasteiger partial charge < -0.3 is 0 Å². The third-order valence-corrected chi connectivity index (χ3v) is 3.81. The number of hydrogen-bond acceptors (Lipinski definition) is 3. The molecule has 0 atom stereocenters. The van der Waals surface area contributed by atoms with E-state index >= 15 is 0 Å². The summed E-state index contributed by atoms with van der Waals surface area (Å²) in [6, 6.07) is 10.4. The predicted molar refractivity (Wildman–Crippen MR) is 75.7 cm³/mol. The van der Waals surface area contributed by atoms with Crippen molar-refractivity contribution >= 4 is 11.3 Å². The Hall–Kier alpha value is -1.66. The summed E-state index contributed by atoms with van der Waals surface area (Å²) >= 11 is 1.48. The second-order valence-corrected chi connectivity index (χ2v) is 6.37. The van der Waals surface area contributed by atoms with E-state index in [1.807, 2.05) is 12.1 Å². The van der Waals surface area contributed by atoms with Gasteiger partial charge in [-0.15, -0.1) is 11.3 Å². The molecule has 18 heavy (non-hydrogen) atoms. The van der Waals surface area contributed by atoms with Gasteiger partial charge in [-0.3, -0.25) is 0 Å². The van der Waals surface area contributed by atoms with E-state index in [1.54, 1.807) is 0 Å². The number of aromatic nitrogens is 1. The number of nitriles is 1. The fourth-order valence-corrected chi connectivity index (χ4v) is 3.00. The van der Waals surface area contributed by atoms with Crippen LogP contribution < -0.4 is 0 Å². The lowest BCUT2D eigenvalue weighted by Crippen LogP contribution is -2.13. The zero-order valence-electron chi connectivity index (χ0n) is 11.1. The topological polar surface area (TPSA) is 36.7 Å². The summed E-state index contributed by atoms with van der Waals surface area (Å²) in [6.45, 7) is 8.33. The molecule has 1 aromatic heterocycles. The average molecular weight is 256 g/mol. The minimum atomic E-state index is -0.0947. The van der Waals surface area contributed by atoms with Crippen LogP contribution in [0.5, 0.6) is 0 Å². The number of aryl methyl sites for hydroxylation is 1. The Balaban J connectivity index is 2.60. The Labute approximate surface area is 112 Å². The van der Waals surface area contributed by atoms with Crippen LogP contribution in [-0.4, -0.2) is 4.98 Å². The Morgan fingerprint density at radius 3 is 2.39 bits per heavy atom. The third-order valence-electron chi connectivity index (χ3n) is 2.81. The lowest BCUT2D eigenvalue weighted by molar-refractivity contribution is 0.572. The smallest absolute Gasteiger partial charge is 0.128 e. The van der Waals surface area contributed by atoms with E-state index in [4.69, 9.17) is 0 Å². The van der Waals surface area contributed by atoms with Crippen LogP contribution in [0.3, 0.4) is 0 Å². The maximum absolute atomic E-state index is 9.23. The Morgan fingerprint density at radius 2 is 1.89 bits per heavy atom. The molecular formula is C15H16N2S. The van der Waals surface area contributed by atoms with Gasteiger partial charge in [0.15, 0.2) is 0 Å². The van der Waals surface area contributed by atoms with E-state index in [0.717, 1.165) is 21.1 Å². The molecule has 0 N–H and O–H groups in total. The van der Waals surface area contributed by atoms with E-state index in [-0.39, 0.29) is 5.41 Å². The average Bonchev–Trinajstić information content (AvgIpc) is 2.73. The minimum Gasteiger partial charge on any atom is -0.239 e. The first-order chi connectivity index (χ1) is 8.43. The predicted octanol–water partition coefficient (Wildman–Crippen LogP) is 4.29. The highest BCUT2D eigenvalue weighted by molar-refractivity contribution is 7.15. The van der Waals surface area contributed by atoms with Crippen LogP contribution in [0.15, 0.2) is 24.3 Å². The van der Waals surface area contributed by atoms with Gasteiger partial charge in [0.1, 0.15) is 16.0 Å². The molecule has 0 spiro atoms. The fraction of sp³-hybridized carbons (Fsp3) is 0.333. The van der Waals surface area contributed by atoms with Crippen LogP contribution in [0.2, 0.25) is 0 Å². The number of thiazole rings is 1. The van der Waals surface area contributed by atoms with Gasteiger partial charge in [-0.05, 0) is 12.5 Å². The molecular weight excluding hydrogens is 240 g/mol. The van der Waals surface area contributed by atoms with Crippen molar-refractivity contribution in [2.75, 3.05) is 0 Å². The first kappa shape index (κ1) is 12.8. The molecule has 0 saturated heterocycles. The number of nitrogens with zero attached hydrogens (tertiary/aromatic N) is 2. The molecule has 0 radical (unpaired) electrons. The van der Waals surface area contributed by atoms with Gasteiger partial charge >= 0.3 is 0 Å². The second-order valence-electron chi connectivity index (χ2n) is 5.37. The molecule has 2 aromatic rings. The summed E-state index contributed by atoms with van der Waals surface area (Å²) in [7, 11) is 0. The van der Waals surface area contributed by atoms with Gasteiger partial charge in [0.2, 0.25) is 0 Å². The summed E-state index contributed by atoms with van der Waals surface area (Å²) in [6.07, 6.45) is 0. The molecule has 0 saturated carbocycles. The van der Waals surface area contributed by atoms with Crippen LogP contribution in [-0.2, 0) is 5.41 Å². The van der Waals surface area contributed by atoms with Gasteiger partial charge in [0, 0.05) is 11.0 Å². The molecule has 0 fully saturated rings. The highest BCUT2D eigenvalue weighted by Gasteiger charge is 2.23. The van der Waals surface area contributed by atoms with Gasteiger partial charge in [-0.2, -0.15) is 5.26 Å².